The highest BCUT2D eigenvalue weighted by atomic mass is 32.2. The van der Waals surface area contributed by atoms with Crippen LogP contribution in [-0.4, -0.2) is 46.2 Å². The van der Waals surface area contributed by atoms with Crippen molar-refractivity contribution in [3.63, 3.8) is 0 Å². The maximum absolute atomic E-state index is 12.2. The molecule has 0 radical (unpaired) electrons. The highest BCUT2D eigenvalue weighted by molar-refractivity contribution is 8.00. The summed E-state index contributed by atoms with van der Waals surface area (Å²) in [5.74, 6) is 0.997. The topological polar surface area (TPSA) is 63.5 Å². The van der Waals surface area contributed by atoms with Crippen molar-refractivity contribution in [2.45, 2.75) is 18.6 Å². The molecule has 0 aromatic heterocycles. The zero-order chi connectivity index (χ0) is 14.5. The summed E-state index contributed by atoms with van der Waals surface area (Å²) < 4.78 is 0. The van der Waals surface area contributed by atoms with Gasteiger partial charge in [0.25, 0.3) is 5.69 Å². The summed E-state index contributed by atoms with van der Waals surface area (Å²) >= 11 is 1.95. The minimum Gasteiger partial charge on any atom is -0.294 e. The minimum atomic E-state index is -0.471. The van der Waals surface area contributed by atoms with Crippen LogP contribution < -0.4 is 0 Å². The summed E-state index contributed by atoms with van der Waals surface area (Å²) in [6.07, 6.45) is 1.10. The number of nitro groups is 1. The first-order valence-electron chi connectivity index (χ1n) is 6.71. The van der Waals surface area contributed by atoms with Crippen LogP contribution in [-0.2, 0) is 0 Å². The van der Waals surface area contributed by atoms with Crippen molar-refractivity contribution in [3.05, 3.63) is 39.9 Å². The number of hydrogen-bond donors (Lipinski definition) is 0. The summed E-state index contributed by atoms with van der Waals surface area (Å²) in [5.41, 5.74) is 0.391. The van der Waals surface area contributed by atoms with Crippen molar-refractivity contribution < 1.29 is 9.72 Å². The molecular formula is C14H18N2O3S. The average molecular weight is 294 g/mol. The molecule has 20 heavy (non-hydrogen) atoms. The van der Waals surface area contributed by atoms with Gasteiger partial charge in [-0.15, -0.1) is 0 Å². The lowest BCUT2D eigenvalue weighted by molar-refractivity contribution is -0.384. The third kappa shape index (κ3) is 3.80. The number of carbonyl (C=O) groups excluding carboxylic acids is 1. The van der Waals surface area contributed by atoms with Gasteiger partial charge in [-0.3, -0.25) is 19.8 Å². The predicted molar refractivity (Wildman–Crippen MR) is 80.4 cm³/mol. The maximum Gasteiger partial charge on any atom is 0.270 e. The Kier molecular flexibility index (Phi) is 5.14. The lowest BCUT2D eigenvalue weighted by Gasteiger charge is -2.31. The van der Waals surface area contributed by atoms with Gasteiger partial charge in [-0.2, -0.15) is 11.8 Å². The van der Waals surface area contributed by atoms with Crippen molar-refractivity contribution in [1.29, 1.82) is 0 Å². The van der Waals surface area contributed by atoms with Gasteiger partial charge in [-0.1, -0.05) is 19.1 Å². The molecule has 1 saturated heterocycles. The highest BCUT2D eigenvalue weighted by Gasteiger charge is 2.21. The standard InChI is InChI=1S/C14H18N2O3S/c1-2-13-9-15(6-7-20-13)10-14(17)11-4-3-5-12(8-11)16(18)19/h3-5,8,13H,2,6-7,9-10H2,1H3. The molecule has 1 aromatic rings. The van der Waals surface area contributed by atoms with Crippen LogP contribution in [0.2, 0.25) is 0 Å². The summed E-state index contributed by atoms with van der Waals surface area (Å²) in [7, 11) is 0. The smallest absolute Gasteiger partial charge is 0.270 e. The van der Waals surface area contributed by atoms with Crippen molar-refractivity contribution in [2.75, 3.05) is 25.4 Å². The Bertz CT molecular complexity index is 507. The number of nitro benzene ring substituents is 1. The normalized spacial score (nSPS) is 19.8. The lowest BCUT2D eigenvalue weighted by atomic mass is 10.1. The second-order valence-electron chi connectivity index (χ2n) is 4.87. The number of benzene rings is 1. The molecule has 6 heteroatoms. The van der Waals surface area contributed by atoms with Gasteiger partial charge in [-0.05, 0) is 6.42 Å². The first-order valence-corrected chi connectivity index (χ1v) is 7.76. The molecule has 1 unspecified atom stereocenters. The summed E-state index contributed by atoms with van der Waals surface area (Å²) in [6.45, 7) is 4.32. The Hall–Kier alpha value is -1.40. The molecule has 0 amide bonds. The Balaban J connectivity index is 2.01. The molecule has 108 valence electrons. The molecule has 2 rings (SSSR count). The fourth-order valence-electron chi connectivity index (χ4n) is 2.26. The van der Waals surface area contributed by atoms with Crippen LogP contribution in [0.3, 0.4) is 0 Å². The Morgan fingerprint density at radius 1 is 1.55 bits per heavy atom. The number of rotatable bonds is 5. The number of ketones is 1. The van der Waals surface area contributed by atoms with Crippen LogP contribution in [0.1, 0.15) is 23.7 Å². The van der Waals surface area contributed by atoms with Gasteiger partial charge in [0.1, 0.15) is 0 Å². The largest absolute Gasteiger partial charge is 0.294 e. The zero-order valence-electron chi connectivity index (χ0n) is 11.4. The molecule has 1 fully saturated rings. The SMILES string of the molecule is CCC1CN(CC(=O)c2cccc([N+](=O)[O-])c2)CCS1. The number of carbonyl (C=O) groups is 1. The first kappa shape index (κ1) is 15.0. The van der Waals surface area contributed by atoms with Gasteiger partial charge in [0.15, 0.2) is 5.78 Å². The molecule has 1 aliphatic heterocycles. The molecule has 0 aliphatic carbocycles. The van der Waals surface area contributed by atoms with E-state index in [1.807, 2.05) is 11.8 Å². The fourth-order valence-corrected chi connectivity index (χ4v) is 3.51. The zero-order valence-corrected chi connectivity index (χ0v) is 12.3. The second-order valence-corrected chi connectivity index (χ2v) is 6.28. The maximum atomic E-state index is 12.2. The van der Waals surface area contributed by atoms with Crippen molar-refractivity contribution in [3.8, 4) is 0 Å². The molecule has 0 bridgehead atoms. The molecule has 1 aromatic carbocycles. The van der Waals surface area contributed by atoms with E-state index >= 15 is 0 Å². The Morgan fingerprint density at radius 2 is 2.35 bits per heavy atom. The van der Waals surface area contributed by atoms with Crippen LogP contribution in [0.25, 0.3) is 0 Å². The third-order valence-corrected chi connectivity index (χ3v) is 4.80. The molecule has 0 spiro atoms. The van der Waals surface area contributed by atoms with E-state index in [0.29, 0.717) is 17.4 Å². The van der Waals surface area contributed by atoms with E-state index in [1.165, 1.54) is 12.1 Å². The van der Waals surface area contributed by atoms with E-state index < -0.39 is 4.92 Å². The van der Waals surface area contributed by atoms with E-state index in [-0.39, 0.29) is 11.5 Å². The second kappa shape index (κ2) is 6.85. The van der Waals surface area contributed by atoms with Gasteiger partial charge >= 0.3 is 0 Å². The van der Waals surface area contributed by atoms with Gasteiger partial charge in [0.2, 0.25) is 0 Å². The fraction of sp³-hybridized carbons (Fsp3) is 0.500. The van der Waals surface area contributed by atoms with Gasteiger partial charge < -0.3 is 0 Å². The van der Waals surface area contributed by atoms with Gasteiger partial charge in [0.05, 0.1) is 11.5 Å². The van der Waals surface area contributed by atoms with Gasteiger partial charge in [0, 0.05) is 41.8 Å². The van der Waals surface area contributed by atoms with Crippen molar-refractivity contribution in [2.24, 2.45) is 0 Å². The highest BCUT2D eigenvalue weighted by Crippen LogP contribution is 2.21. The lowest BCUT2D eigenvalue weighted by Crippen LogP contribution is -2.40. The molecule has 0 saturated carbocycles. The summed E-state index contributed by atoms with van der Waals surface area (Å²) in [4.78, 5) is 24.6. The molecule has 1 heterocycles. The summed E-state index contributed by atoms with van der Waals surface area (Å²) in [6, 6.07) is 5.97. The molecular weight excluding hydrogens is 276 g/mol. The van der Waals surface area contributed by atoms with E-state index in [1.54, 1.807) is 12.1 Å². The van der Waals surface area contributed by atoms with E-state index in [2.05, 4.69) is 11.8 Å². The number of nitrogens with zero attached hydrogens (tertiary/aromatic N) is 2. The number of thioether (sulfide) groups is 1. The predicted octanol–water partition coefficient (Wildman–Crippen LogP) is 2.60. The Morgan fingerprint density at radius 3 is 3.05 bits per heavy atom. The number of non-ortho nitro benzene ring substituents is 1. The number of hydrogen-bond acceptors (Lipinski definition) is 5. The van der Waals surface area contributed by atoms with Crippen molar-refractivity contribution in [1.82, 2.24) is 4.90 Å². The number of Topliss-reactive ketones (excluding diaryl/α,β-unsaturated/α-hetero) is 1. The van der Waals surface area contributed by atoms with Crippen LogP contribution >= 0.6 is 11.8 Å². The van der Waals surface area contributed by atoms with Crippen LogP contribution in [0, 0.1) is 10.1 Å². The van der Waals surface area contributed by atoms with Crippen LogP contribution in [0.15, 0.2) is 24.3 Å². The molecule has 1 atom stereocenters. The minimum absolute atomic E-state index is 0.0310. The average Bonchev–Trinajstić information content (AvgIpc) is 2.47. The quantitative estimate of drug-likeness (QED) is 0.474. The van der Waals surface area contributed by atoms with E-state index in [0.717, 1.165) is 25.3 Å². The Labute approximate surface area is 122 Å². The van der Waals surface area contributed by atoms with Crippen LogP contribution in [0.4, 0.5) is 5.69 Å². The summed E-state index contributed by atoms with van der Waals surface area (Å²) in [5, 5.41) is 11.3. The van der Waals surface area contributed by atoms with Gasteiger partial charge in [-0.25, -0.2) is 0 Å². The first-order chi connectivity index (χ1) is 9.60. The molecule has 5 nitrogen and oxygen atoms in total. The van der Waals surface area contributed by atoms with E-state index in [4.69, 9.17) is 0 Å². The van der Waals surface area contributed by atoms with Crippen molar-refractivity contribution >= 4 is 23.2 Å². The monoisotopic (exact) mass is 294 g/mol. The molecule has 1 aliphatic rings. The van der Waals surface area contributed by atoms with Crippen LogP contribution in [0.5, 0.6) is 0 Å². The molecule has 0 N–H and O–H groups in total. The third-order valence-electron chi connectivity index (χ3n) is 3.42. The van der Waals surface area contributed by atoms with E-state index in [9.17, 15) is 14.9 Å².